The Morgan fingerprint density at radius 1 is 1.21 bits per heavy atom. The van der Waals surface area contributed by atoms with Crippen molar-refractivity contribution in [2.24, 2.45) is 0 Å². The lowest BCUT2D eigenvalue weighted by molar-refractivity contribution is -0.122. The van der Waals surface area contributed by atoms with E-state index in [4.69, 9.17) is 4.74 Å². The zero-order valence-corrected chi connectivity index (χ0v) is 14.8. The number of nitrogens with one attached hydrogen (secondary N) is 1. The maximum Gasteiger partial charge on any atom is 0.335 e. The maximum atomic E-state index is 12.7. The number of anilines is 1. The lowest BCUT2D eigenvalue weighted by Crippen LogP contribution is -2.54. The number of hydrogen-bond donors (Lipinski definition) is 1. The molecule has 1 saturated heterocycles. The summed E-state index contributed by atoms with van der Waals surface area (Å²) in [5.41, 5.74) is 0.217. The van der Waals surface area contributed by atoms with E-state index < -0.39 is 17.8 Å². The number of amides is 4. The van der Waals surface area contributed by atoms with Gasteiger partial charge in [-0.25, -0.2) is 9.69 Å². The molecule has 1 aromatic heterocycles. The van der Waals surface area contributed by atoms with Crippen LogP contribution in [-0.2, 0) is 9.59 Å². The number of ether oxygens (including phenoxy) is 1. The van der Waals surface area contributed by atoms with Crippen LogP contribution >= 0.6 is 27.3 Å². The highest BCUT2D eigenvalue weighted by molar-refractivity contribution is 9.11. The summed E-state index contributed by atoms with van der Waals surface area (Å²) < 4.78 is 5.98. The van der Waals surface area contributed by atoms with Gasteiger partial charge in [0.15, 0.2) is 0 Å². The molecule has 0 spiro atoms. The van der Waals surface area contributed by atoms with Crippen molar-refractivity contribution in [1.82, 2.24) is 5.32 Å². The third-order valence-electron chi connectivity index (χ3n) is 3.29. The molecule has 8 heteroatoms. The highest BCUT2D eigenvalue weighted by Gasteiger charge is 2.37. The Morgan fingerprint density at radius 2 is 2.00 bits per heavy atom. The fourth-order valence-corrected chi connectivity index (χ4v) is 3.56. The molecule has 0 unspecified atom stereocenters. The number of methoxy groups -OCH3 is 1. The third kappa shape index (κ3) is 3.10. The average Bonchev–Trinajstić information content (AvgIpc) is 2.96. The molecule has 24 heavy (non-hydrogen) atoms. The van der Waals surface area contributed by atoms with Crippen molar-refractivity contribution in [2.75, 3.05) is 12.0 Å². The van der Waals surface area contributed by atoms with Crippen LogP contribution in [-0.4, -0.2) is 25.0 Å². The lowest BCUT2D eigenvalue weighted by atomic mass is 10.1. The van der Waals surface area contributed by atoms with E-state index in [-0.39, 0.29) is 5.57 Å². The summed E-state index contributed by atoms with van der Waals surface area (Å²) in [4.78, 5) is 38.5. The highest BCUT2D eigenvalue weighted by Crippen LogP contribution is 2.28. The summed E-state index contributed by atoms with van der Waals surface area (Å²) in [6.07, 6.45) is 1.46. The van der Waals surface area contributed by atoms with E-state index in [0.29, 0.717) is 11.4 Å². The Kier molecular flexibility index (Phi) is 4.50. The summed E-state index contributed by atoms with van der Waals surface area (Å²) in [6.45, 7) is 0. The van der Waals surface area contributed by atoms with E-state index in [2.05, 4.69) is 21.2 Å². The Labute approximate surface area is 149 Å². The average molecular weight is 407 g/mol. The van der Waals surface area contributed by atoms with Gasteiger partial charge < -0.3 is 4.74 Å². The predicted molar refractivity (Wildman–Crippen MR) is 94.0 cm³/mol. The molecule has 1 aliphatic rings. The number of benzene rings is 1. The molecule has 1 aliphatic heterocycles. The van der Waals surface area contributed by atoms with E-state index in [1.165, 1.54) is 24.5 Å². The SMILES string of the molecule is COc1cccc(N2C(=O)NC(=O)/C(=C/c3ccc(Br)s3)C2=O)c1. The normalized spacial score (nSPS) is 16.5. The van der Waals surface area contributed by atoms with Crippen LogP contribution in [0.5, 0.6) is 5.75 Å². The summed E-state index contributed by atoms with van der Waals surface area (Å²) >= 11 is 4.70. The fraction of sp³-hybridized carbons (Fsp3) is 0.0625. The van der Waals surface area contributed by atoms with Gasteiger partial charge in [-0.1, -0.05) is 6.07 Å². The molecule has 2 heterocycles. The molecule has 1 N–H and O–H groups in total. The lowest BCUT2D eigenvalue weighted by Gasteiger charge is -2.26. The quantitative estimate of drug-likeness (QED) is 0.627. The second kappa shape index (κ2) is 6.58. The van der Waals surface area contributed by atoms with Crippen molar-refractivity contribution >= 4 is 56.9 Å². The summed E-state index contributed by atoms with van der Waals surface area (Å²) in [7, 11) is 1.49. The summed E-state index contributed by atoms with van der Waals surface area (Å²) in [6, 6.07) is 9.29. The number of urea groups is 1. The first-order valence-electron chi connectivity index (χ1n) is 6.80. The zero-order valence-electron chi connectivity index (χ0n) is 12.4. The van der Waals surface area contributed by atoms with Crippen molar-refractivity contribution in [2.45, 2.75) is 0 Å². The van der Waals surface area contributed by atoms with Crippen LogP contribution in [0, 0.1) is 0 Å². The molecule has 3 rings (SSSR count). The molecule has 0 aliphatic carbocycles. The maximum absolute atomic E-state index is 12.7. The van der Waals surface area contributed by atoms with Crippen molar-refractivity contribution < 1.29 is 19.1 Å². The van der Waals surface area contributed by atoms with Crippen LogP contribution in [0.15, 0.2) is 45.8 Å². The zero-order chi connectivity index (χ0) is 17.3. The number of halogens is 1. The van der Waals surface area contributed by atoms with E-state index in [9.17, 15) is 14.4 Å². The van der Waals surface area contributed by atoms with Gasteiger partial charge >= 0.3 is 6.03 Å². The second-order valence-corrected chi connectivity index (χ2v) is 7.30. The Hall–Kier alpha value is -2.45. The number of carbonyl (C=O) groups excluding carboxylic acids is 3. The van der Waals surface area contributed by atoms with E-state index in [1.54, 1.807) is 30.3 Å². The molecule has 122 valence electrons. The largest absolute Gasteiger partial charge is 0.497 e. The molecule has 2 aromatic rings. The number of barbiturate groups is 1. The van der Waals surface area contributed by atoms with Crippen molar-refractivity contribution in [3.63, 3.8) is 0 Å². The monoisotopic (exact) mass is 406 g/mol. The number of rotatable bonds is 3. The minimum atomic E-state index is -0.789. The predicted octanol–water partition coefficient (Wildman–Crippen LogP) is 3.19. The Balaban J connectivity index is 2.01. The van der Waals surface area contributed by atoms with Crippen molar-refractivity contribution in [1.29, 1.82) is 0 Å². The van der Waals surface area contributed by atoms with Crippen LogP contribution < -0.4 is 15.0 Å². The van der Waals surface area contributed by atoms with Crippen LogP contribution in [0.3, 0.4) is 0 Å². The highest BCUT2D eigenvalue weighted by atomic mass is 79.9. The van der Waals surface area contributed by atoms with Crippen molar-refractivity contribution in [3.8, 4) is 5.75 Å². The van der Waals surface area contributed by atoms with Gasteiger partial charge in [-0.2, -0.15) is 0 Å². The Morgan fingerprint density at radius 3 is 2.67 bits per heavy atom. The van der Waals surface area contributed by atoms with Gasteiger partial charge in [0.1, 0.15) is 11.3 Å². The van der Waals surface area contributed by atoms with Crippen LogP contribution in [0.4, 0.5) is 10.5 Å². The number of imide groups is 2. The Bertz CT molecular complexity index is 874. The molecule has 0 radical (unpaired) electrons. The number of hydrogen-bond acceptors (Lipinski definition) is 5. The molecule has 6 nitrogen and oxygen atoms in total. The minimum Gasteiger partial charge on any atom is -0.497 e. The van der Waals surface area contributed by atoms with E-state index in [1.807, 2.05) is 6.07 Å². The summed E-state index contributed by atoms with van der Waals surface area (Å²) in [5, 5.41) is 2.18. The molecule has 0 saturated carbocycles. The topological polar surface area (TPSA) is 75.7 Å². The first-order chi connectivity index (χ1) is 11.5. The first kappa shape index (κ1) is 16.4. The van der Waals surface area contributed by atoms with Crippen molar-refractivity contribution in [3.05, 3.63) is 50.6 Å². The molecule has 1 fully saturated rings. The van der Waals surface area contributed by atoms with Gasteiger partial charge in [0.05, 0.1) is 16.6 Å². The smallest absolute Gasteiger partial charge is 0.335 e. The van der Waals surface area contributed by atoms with E-state index in [0.717, 1.165) is 13.6 Å². The van der Waals surface area contributed by atoms with Gasteiger partial charge in [-0.3, -0.25) is 14.9 Å². The van der Waals surface area contributed by atoms with Crippen LogP contribution in [0.2, 0.25) is 0 Å². The number of nitrogens with zero attached hydrogens (tertiary/aromatic N) is 1. The summed E-state index contributed by atoms with van der Waals surface area (Å²) in [5.74, 6) is -0.895. The first-order valence-corrected chi connectivity index (χ1v) is 8.41. The van der Waals surface area contributed by atoms with Gasteiger partial charge in [-0.15, -0.1) is 11.3 Å². The molecule has 1 aromatic carbocycles. The van der Waals surface area contributed by atoms with Gasteiger partial charge in [0, 0.05) is 10.9 Å². The standard InChI is InChI=1S/C16H11BrN2O4S/c1-23-10-4-2-3-9(7-10)19-15(21)12(14(20)18-16(19)22)8-11-5-6-13(17)24-11/h2-8H,1H3,(H,18,20,22)/b12-8-. The number of carbonyl (C=O) groups is 3. The van der Waals surface area contributed by atoms with Gasteiger partial charge in [0.25, 0.3) is 11.8 Å². The molecular weight excluding hydrogens is 396 g/mol. The van der Waals surface area contributed by atoms with Gasteiger partial charge in [-0.05, 0) is 46.3 Å². The minimum absolute atomic E-state index is 0.105. The second-order valence-electron chi connectivity index (χ2n) is 4.80. The molecule has 4 amide bonds. The van der Waals surface area contributed by atoms with Gasteiger partial charge in [0.2, 0.25) is 0 Å². The van der Waals surface area contributed by atoms with E-state index >= 15 is 0 Å². The fourth-order valence-electron chi connectivity index (χ4n) is 2.19. The van der Waals surface area contributed by atoms with Crippen LogP contribution in [0.25, 0.3) is 6.08 Å². The number of thiophene rings is 1. The third-order valence-corrected chi connectivity index (χ3v) is 4.86. The van der Waals surface area contributed by atoms with Crippen LogP contribution in [0.1, 0.15) is 4.88 Å². The molecule has 0 atom stereocenters. The molecule has 0 bridgehead atoms. The molecular formula is C16H11BrN2O4S.